The quantitative estimate of drug-likeness (QED) is 0.744. The largest absolute Gasteiger partial charge is 0.497 e. The van der Waals surface area contributed by atoms with Crippen LogP contribution >= 0.6 is 0 Å². The number of methoxy groups -OCH3 is 1. The Bertz CT molecular complexity index is 849. The predicted molar refractivity (Wildman–Crippen MR) is 94.4 cm³/mol. The number of rotatable bonds is 5. The fraction of sp³-hybridized carbons (Fsp3) is 0.250. The van der Waals surface area contributed by atoms with Crippen LogP contribution in [0.25, 0.3) is 11.0 Å². The first-order chi connectivity index (χ1) is 11.6. The number of nitrogens with one attached hydrogen (secondary N) is 1. The van der Waals surface area contributed by atoms with Gasteiger partial charge in [0.2, 0.25) is 0 Å². The monoisotopic (exact) mass is 323 g/mol. The average Bonchev–Trinajstić information content (AvgIpc) is 2.97. The second-order valence-corrected chi connectivity index (χ2v) is 5.76. The first-order valence-electron chi connectivity index (χ1n) is 8.07. The molecule has 24 heavy (non-hydrogen) atoms. The Hall–Kier alpha value is -2.75. The van der Waals surface area contributed by atoms with Crippen molar-refractivity contribution in [1.29, 1.82) is 0 Å². The van der Waals surface area contributed by atoms with E-state index >= 15 is 0 Å². The molecule has 124 valence electrons. The number of para-hydroxylation sites is 1. The lowest BCUT2D eigenvalue weighted by Crippen LogP contribution is -2.28. The van der Waals surface area contributed by atoms with Crippen LogP contribution in [0.4, 0.5) is 0 Å². The number of hydrogen-bond donors (Lipinski definition) is 1. The molecule has 1 atom stereocenters. The minimum atomic E-state index is -0.189. The van der Waals surface area contributed by atoms with Gasteiger partial charge in [0.1, 0.15) is 11.3 Å². The van der Waals surface area contributed by atoms with Gasteiger partial charge < -0.3 is 14.5 Å². The third-order valence-electron chi connectivity index (χ3n) is 4.28. The smallest absolute Gasteiger partial charge is 0.287 e. The van der Waals surface area contributed by atoms with E-state index in [0.29, 0.717) is 5.76 Å². The van der Waals surface area contributed by atoms with Gasteiger partial charge in [-0.25, -0.2) is 0 Å². The highest BCUT2D eigenvalue weighted by molar-refractivity contribution is 5.99. The van der Waals surface area contributed by atoms with Gasteiger partial charge in [0, 0.05) is 10.9 Å². The molecule has 2 aromatic carbocycles. The van der Waals surface area contributed by atoms with Crippen LogP contribution in [-0.4, -0.2) is 13.0 Å². The molecule has 0 saturated carbocycles. The molecule has 1 aromatic heterocycles. The van der Waals surface area contributed by atoms with Gasteiger partial charge in [-0.15, -0.1) is 0 Å². The molecule has 3 rings (SSSR count). The van der Waals surface area contributed by atoms with Crippen molar-refractivity contribution < 1.29 is 13.9 Å². The summed E-state index contributed by atoms with van der Waals surface area (Å²) in [7, 11) is 1.64. The van der Waals surface area contributed by atoms with Crippen molar-refractivity contribution in [1.82, 2.24) is 5.32 Å². The molecule has 1 heterocycles. The van der Waals surface area contributed by atoms with Crippen LogP contribution in [0, 0.1) is 6.92 Å². The summed E-state index contributed by atoms with van der Waals surface area (Å²) in [5, 5.41) is 4.04. The first-order valence-corrected chi connectivity index (χ1v) is 8.07. The van der Waals surface area contributed by atoms with Crippen LogP contribution in [-0.2, 0) is 0 Å². The Morgan fingerprint density at radius 2 is 1.88 bits per heavy atom. The van der Waals surface area contributed by atoms with Gasteiger partial charge >= 0.3 is 0 Å². The normalized spacial score (nSPS) is 12.1. The Morgan fingerprint density at radius 3 is 2.50 bits per heavy atom. The van der Waals surface area contributed by atoms with Gasteiger partial charge in [-0.05, 0) is 37.1 Å². The third-order valence-corrected chi connectivity index (χ3v) is 4.28. The number of ether oxygens (including phenoxy) is 1. The highest BCUT2D eigenvalue weighted by Crippen LogP contribution is 2.26. The van der Waals surface area contributed by atoms with Crippen molar-refractivity contribution in [2.24, 2.45) is 0 Å². The van der Waals surface area contributed by atoms with E-state index in [0.717, 1.165) is 34.3 Å². The van der Waals surface area contributed by atoms with Crippen LogP contribution in [0.15, 0.2) is 52.9 Å². The van der Waals surface area contributed by atoms with E-state index in [2.05, 4.69) is 5.32 Å². The SMILES string of the molecule is CC[C@@H](NC(=O)c1oc2ccccc2c1C)c1ccc(OC)cc1. The van der Waals surface area contributed by atoms with Crippen molar-refractivity contribution in [3.8, 4) is 5.75 Å². The summed E-state index contributed by atoms with van der Waals surface area (Å²) in [5.41, 5.74) is 2.64. The van der Waals surface area contributed by atoms with Crippen molar-refractivity contribution >= 4 is 16.9 Å². The lowest BCUT2D eigenvalue weighted by molar-refractivity contribution is 0.0909. The molecule has 0 aliphatic rings. The van der Waals surface area contributed by atoms with E-state index < -0.39 is 0 Å². The lowest BCUT2D eigenvalue weighted by atomic mass is 10.0. The summed E-state index contributed by atoms with van der Waals surface area (Å²) in [5.74, 6) is 0.989. The number of hydrogen-bond acceptors (Lipinski definition) is 3. The van der Waals surface area contributed by atoms with E-state index in [1.54, 1.807) is 7.11 Å². The van der Waals surface area contributed by atoms with Crippen LogP contribution in [0.1, 0.15) is 41.1 Å². The Balaban J connectivity index is 1.84. The van der Waals surface area contributed by atoms with Crippen molar-refractivity contribution in [3.05, 3.63) is 65.4 Å². The summed E-state index contributed by atoms with van der Waals surface area (Å²) < 4.78 is 10.9. The summed E-state index contributed by atoms with van der Waals surface area (Å²) in [6.07, 6.45) is 0.789. The Morgan fingerprint density at radius 1 is 1.17 bits per heavy atom. The number of carbonyl (C=O) groups is 1. The first kappa shape index (κ1) is 16.1. The summed E-state index contributed by atoms with van der Waals surface area (Å²) in [6, 6.07) is 15.4. The van der Waals surface area contributed by atoms with Gasteiger partial charge in [0.15, 0.2) is 5.76 Å². The number of furan rings is 1. The summed E-state index contributed by atoms with van der Waals surface area (Å²) in [6.45, 7) is 3.95. The number of amides is 1. The summed E-state index contributed by atoms with van der Waals surface area (Å²) >= 11 is 0. The fourth-order valence-corrected chi connectivity index (χ4v) is 2.87. The minimum Gasteiger partial charge on any atom is -0.497 e. The van der Waals surface area contributed by atoms with E-state index in [4.69, 9.17) is 9.15 Å². The molecule has 0 fully saturated rings. The molecule has 0 radical (unpaired) electrons. The molecule has 1 amide bonds. The van der Waals surface area contributed by atoms with Crippen molar-refractivity contribution in [3.63, 3.8) is 0 Å². The molecule has 3 aromatic rings. The highest BCUT2D eigenvalue weighted by Gasteiger charge is 2.20. The molecule has 0 spiro atoms. The molecule has 0 aliphatic carbocycles. The maximum absolute atomic E-state index is 12.7. The molecule has 1 N–H and O–H groups in total. The van der Waals surface area contributed by atoms with Crippen LogP contribution in [0.2, 0.25) is 0 Å². The fourth-order valence-electron chi connectivity index (χ4n) is 2.87. The Kier molecular flexibility index (Phi) is 4.56. The van der Waals surface area contributed by atoms with Gasteiger partial charge in [-0.2, -0.15) is 0 Å². The molecule has 0 bridgehead atoms. The Labute approximate surface area is 141 Å². The molecule has 0 aliphatic heterocycles. The molecule has 0 saturated heterocycles. The average molecular weight is 323 g/mol. The zero-order chi connectivity index (χ0) is 17.1. The van der Waals surface area contributed by atoms with Crippen molar-refractivity contribution in [2.75, 3.05) is 7.11 Å². The van der Waals surface area contributed by atoms with Crippen LogP contribution < -0.4 is 10.1 Å². The van der Waals surface area contributed by atoms with Gasteiger partial charge in [0.25, 0.3) is 5.91 Å². The van der Waals surface area contributed by atoms with E-state index in [9.17, 15) is 4.79 Å². The highest BCUT2D eigenvalue weighted by atomic mass is 16.5. The maximum Gasteiger partial charge on any atom is 0.287 e. The van der Waals surface area contributed by atoms with Gasteiger partial charge in [0.05, 0.1) is 13.2 Å². The molecule has 4 heteroatoms. The number of fused-ring (bicyclic) bond motifs is 1. The van der Waals surface area contributed by atoms with Crippen LogP contribution in [0.3, 0.4) is 0 Å². The zero-order valence-electron chi connectivity index (χ0n) is 14.1. The number of benzene rings is 2. The topological polar surface area (TPSA) is 51.5 Å². The number of aryl methyl sites for hydroxylation is 1. The second-order valence-electron chi connectivity index (χ2n) is 5.76. The number of carbonyl (C=O) groups excluding carboxylic acids is 1. The second kappa shape index (κ2) is 6.79. The van der Waals surface area contributed by atoms with Gasteiger partial charge in [-0.1, -0.05) is 37.3 Å². The molecule has 0 unspecified atom stereocenters. The standard InChI is InChI=1S/C20H21NO3/c1-4-17(14-9-11-15(23-3)12-10-14)21-20(22)19-13(2)16-7-5-6-8-18(16)24-19/h5-12,17H,4H2,1-3H3,(H,21,22)/t17-/m1/s1. The zero-order valence-corrected chi connectivity index (χ0v) is 14.1. The van der Waals surface area contributed by atoms with Gasteiger partial charge in [-0.3, -0.25) is 4.79 Å². The maximum atomic E-state index is 12.7. The van der Waals surface area contributed by atoms with E-state index in [-0.39, 0.29) is 11.9 Å². The third kappa shape index (κ3) is 3.00. The molecular formula is C20H21NO3. The molecular weight excluding hydrogens is 302 g/mol. The predicted octanol–water partition coefficient (Wildman–Crippen LogP) is 4.63. The van der Waals surface area contributed by atoms with Crippen LogP contribution in [0.5, 0.6) is 5.75 Å². The van der Waals surface area contributed by atoms with E-state index in [1.807, 2.05) is 62.4 Å². The minimum absolute atomic E-state index is 0.0731. The van der Waals surface area contributed by atoms with E-state index in [1.165, 1.54) is 0 Å². The van der Waals surface area contributed by atoms with Crippen molar-refractivity contribution in [2.45, 2.75) is 26.3 Å². The summed E-state index contributed by atoms with van der Waals surface area (Å²) in [4.78, 5) is 12.7. The molecule has 4 nitrogen and oxygen atoms in total. The lowest BCUT2D eigenvalue weighted by Gasteiger charge is -2.17.